The highest BCUT2D eigenvalue weighted by molar-refractivity contribution is 7.17. The lowest BCUT2D eigenvalue weighted by molar-refractivity contribution is 0.0499. The van der Waals surface area contributed by atoms with Crippen molar-refractivity contribution in [1.82, 2.24) is 15.8 Å². The lowest BCUT2D eigenvalue weighted by atomic mass is 10.1. The summed E-state index contributed by atoms with van der Waals surface area (Å²) in [6.45, 7) is 0.369. The predicted molar refractivity (Wildman–Crippen MR) is 116 cm³/mol. The summed E-state index contributed by atoms with van der Waals surface area (Å²) in [5.74, 6) is -0.157. The van der Waals surface area contributed by atoms with E-state index >= 15 is 0 Å². The van der Waals surface area contributed by atoms with E-state index in [1.165, 1.54) is 11.3 Å². The Morgan fingerprint density at radius 1 is 1.17 bits per heavy atom. The number of anilines is 2. The van der Waals surface area contributed by atoms with E-state index in [1.54, 1.807) is 24.5 Å². The second-order valence-electron chi connectivity index (χ2n) is 6.46. The van der Waals surface area contributed by atoms with Crippen LogP contribution in [-0.2, 0) is 4.84 Å². The molecule has 29 heavy (non-hydrogen) atoms. The van der Waals surface area contributed by atoms with Gasteiger partial charge in [-0.15, -0.1) is 11.3 Å². The number of nitrogens with one attached hydrogen (secondary N) is 2. The molecule has 0 saturated carbocycles. The molecule has 3 heterocycles. The molecule has 6 nitrogen and oxygen atoms in total. The van der Waals surface area contributed by atoms with Crippen LogP contribution in [0, 0.1) is 0 Å². The molecule has 0 fully saturated rings. The molecule has 1 aromatic carbocycles. The maximum Gasteiger partial charge on any atom is 0.261 e. The van der Waals surface area contributed by atoms with Crippen LogP contribution in [0.2, 0.25) is 4.34 Å². The van der Waals surface area contributed by atoms with Crippen molar-refractivity contribution in [2.24, 2.45) is 0 Å². The number of nitrogens with zero attached hydrogens (tertiary/aromatic N) is 2. The van der Waals surface area contributed by atoms with Crippen molar-refractivity contribution in [3.63, 3.8) is 0 Å². The molecule has 148 valence electrons. The minimum Gasteiger partial charge on any atom is -0.348 e. The second-order valence-corrected chi connectivity index (χ2v) is 8.18. The van der Waals surface area contributed by atoms with Gasteiger partial charge in [0, 0.05) is 30.8 Å². The smallest absolute Gasteiger partial charge is 0.261 e. The van der Waals surface area contributed by atoms with Crippen molar-refractivity contribution in [3.05, 3.63) is 81.8 Å². The van der Waals surface area contributed by atoms with E-state index in [0.29, 0.717) is 15.8 Å². The van der Waals surface area contributed by atoms with Crippen LogP contribution in [0.5, 0.6) is 0 Å². The Morgan fingerprint density at radius 3 is 2.59 bits per heavy atom. The van der Waals surface area contributed by atoms with E-state index < -0.39 is 0 Å². The van der Waals surface area contributed by atoms with Crippen LogP contribution in [0.1, 0.15) is 15.2 Å². The van der Waals surface area contributed by atoms with Crippen LogP contribution in [0.25, 0.3) is 5.70 Å². The molecule has 0 bridgehead atoms. The van der Waals surface area contributed by atoms with Gasteiger partial charge in [-0.2, -0.15) is 0 Å². The standard InChI is InChI=1S/C21H19ClN4O2S/c1-26(16-8-10-23-11-9-16)15-4-2-14(3-5-15)18-12-17(28-25-18)13-24-21(27)19-6-7-20(22)29-19/h2-12,17,25H,13H2,1H3,(H,24,27). The van der Waals surface area contributed by atoms with Crippen molar-refractivity contribution in [2.75, 3.05) is 18.5 Å². The highest BCUT2D eigenvalue weighted by Crippen LogP contribution is 2.26. The summed E-state index contributed by atoms with van der Waals surface area (Å²) in [4.78, 5) is 24.4. The monoisotopic (exact) mass is 426 g/mol. The molecule has 0 saturated heterocycles. The topological polar surface area (TPSA) is 66.5 Å². The fraction of sp³-hybridized carbons (Fsp3) is 0.143. The number of rotatable bonds is 6. The zero-order chi connectivity index (χ0) is 20.2. The summed E-state index contributed by atoms with van der Waals surface area (Å²) < 4.78 is 0.592. The maximum absolute atomic E-state index is 12.1. The highest BCUT2D eigenvalue weighted by atomic mass is 35.5. The zero-order valence-corrected chi connectivity index (χ0v) is 17.2. The molecule has 0 spiro atoms. The first-order valence-electron chi connectivity index (χ1n) is 9.01. The molecule has 2 N–H and O–H groups in total. The number of amides is 1. The molecule has 1 amide bonds. The van der Waals surface area contributed by atoms with Gasteiger partial charge in [0.2, 0.25) is 0 Å². The van der Waals surface area contributed by atoms with Gasteiger partial charge >= 0.3 is 0 Å². The van der Waals surface area contributed by atoms with Crippen molar-refractivity contribution in [3.8, 4) is 0 Å². The first-order valence-corrected chi connectivity index (χ1v) is 10.2. The van der Waals surface area contributed by atoms with E-state index in [-0.39, 0.29) is 12.0 Å². The fourth-order valence-electron chi connectivity index (χ4n) is 2.95. The third-order valence-corrected chi connectivity index (χ3v) is 5.78. The summed E-state index contributed by atoms with van der Waals surface area (Å²) in [5, 5.41) is 2.86. The molecular weight excluding hydrogens is 408 g/mol. The van der Waals surface area contributed by atoms with Crippen LogP contribution in [-0.4, -0.2) is 30.6 Å². The van der Waals surface area contributed by atoms with E-state index in [4.69, 9.17) is 16.4 Å². The fourth-order valence-corrected chi connectivity index (χ4v) is 3.91. The molecule has 8 heteroatoms. The molecule has 2 aromatic heterocycles. The Balaban J connectivity index is 1.37. The number of carbonyl (C=O) groups is 1. The summed E-state index contributed by atoms with van der Waals surface area (Å²) >= 11 is 7.12. The van der Waals surface area contributed by atoms with Gasteiger partial charge in [-0.05, 0) is 48.0 Å². The molecule has 1 aliphatic heterocycles. The van der Waals surface area contributed by atoms with Crippen LogP contribution in [0.3, 0.4) is 0 Å². The Bertz CT molecular complexity index is 1020. The average molecular weight is 427 g/mol. The number of hydrogen-bond donors (Lipinski definition) is 2. The van der Waals surface area contributed by atoms with E-state index in [1.807, 2.05) is 49.5 Å². The summed E-state index contributed by atoms with van der Waals surface area (Å²) in [7, 11) is 2.01. The first-order chi connectivity index (χ1) is 14.1. The molecule has 3 aromatic rings. The number of thiophene rings is 1. The summed E-state index contributed by atoms with van der Waals surface area (Å²) in [5.41, 5.74) is 6.96. The minimum atomic E-state index is -0.247. The molecule has 4 rings (SSSR count). The minimum absolute atomic E-state index is 0.157. The number of hydrogen-bond acceptors (Lipinski definition) is 6. The number of benzene rings is 1. The van der Waals surface area contributed by atoms with Gasteiger partial charge in [0.15, 0.2) is 0 Å². The number of carbonyl (C=O) groups excluding carboxylic acids is 1. The van der Waals surface area contributed by atoms with Crippen LogP contribution in [0.4, 0.5) is 11.4 Å². The molecule has 0 aliphatic carbocycles. The Hall–Kier alpha value is -2.87. The van der Waals surface area contributed by atoms with Gasteiger partial charge in [0.25, 0.3) is 5.91 Å². The number of halogens is 1. The third-order valence-electron chi connectivity index (χ3n) is 4.55. The summed E-state index contributed by atoms with van der Waals surface area (Å²) in [6, 6.07) is 15.5. The van der Waals surface area contributed by atoms with Gasteiger partial charge in [-0.1, -0.05) is 23.7 Å². The zero-order valence-electron chi connectivity index (χ0n) is 15.6. The largest absolute Gasteiger partial charge is 0.348 e. The molecule has 1 aliphatic rings. The normalized spacial score (nSPS) is 15.5. The lowest BCUT2D eigenvalue weighted by Crippen LogP contribution is -2.31. The van der Waals surface area contributed by atoms with Crippen molar-refractivity contribution in [1.29, 1.82) is 0 Å². The maximum atomic E-state index is 12.1. The van der Waals surface area contributed by atoms with Crippen LogP contribution >= 0.6 is 22.9 Å². The number of aromatic nitrogens is 1. The SMILES string of the molecule is CN(c1ccncc1)c1ccc(C2=CC(CNC(=O)c3ccc(Cl)s3)ON2)cc1. The third kappa shape index (κ3) is 4.59. The van der Waals surface area contributed by atoms with E-state index in [2.05, 4.69) is 20.7 Å². The van der Waals surface area contributed by atoms with Gasteiger partial charge in [-0.25, -0.2) is 0 Å². The molecule has 1 atom stereocenters. The summed E-state index contributed by atoms with van der Waals surface area (Å²) in [6.07, 6.45) is 5.26. The number of pyridine rings is 1. The molecule has 1 unspecified atom stereocenters. The van der Waals surface area contributed by atoms with Crippen molar-refractivity contribution in [2.45, 2.75) is 6.10 Å². The van der Waals surface area contributed by atoms with Crippen LogP contribution < -0.4 is 15.7 Å². The second kappa shape index (κ2) is 8.65. The molecule has 0 radical (unpaired) electrons. The predicted octanol–water partition coefficient (Wildman–Crippen LogP) is 4.24. The van der Waals surface area contributed by atoms with Gasteiger partial charge < -0.3 is 10.2 Å². The Labute approximate surface area is 177 Å². The molecular formula is C21H19ClN4O2S. The van der Waals surface area contributed by atoms with Gasteiger partial charge in [0.1, 0.15) is 6.10 Å². The van der Waals surface area contributed by atoms with E-state index in [0.717, 1.165) is 22.6 Å². The Morgan fingerprint density at radius 2 is 1.90 bits per heavy atom. The van der Waals surface area contributed by atoms with E-state index in [9.17, 15) is 4.79 Å². The van der Waals surface area contributed by atoms with Crippen molar-refractivity contribution < 1.29 is 9.63 Å². The quantitative estimate of drug-likeness (QED) is 0.617. The van der Waals surface area contributed by atoms with Gasteiger partial charge in [-0.3, -0.25) is 20.1 Å². The van der Waals surface area contributed by atoms with Crippen LogP contribution in [0.15, 0.2) is 67.0 Å². The average Bonchev–Trinajstić information content (AvgIpc) is 3.41. The Kier molecular flexibility index (Phi) is 5.80. The highest BCUT2D eigenvalue weighted by Gasteiger charge is 2.19. The van der Waals surface area contributed by atoms with Gasteiger partial charge in [0.05, 0.1) is 21.5 Å². The number of hydroxylamine groups is 1. The van der Waals surface area contributed by atoms with Crippen molar-refractivity contribution >= 4 is 45.9 Å². The first kappa shape index (κ1) is 19.4. The lowest BCUT2D eigenvalue weighted by Gasteiger charge is -2.19.